The van der Waals surface area contributed by atoms with Gasteiger partial charge in [-0.05, 0) is 50.0 Å². The molecule has 4 heteroatoms. The van der Waals surface area contributed by atoms with Crippen LogP contribution in [0.5, 0.6) is 0 Å². The van der Waals surface area contributed by atoms with Crippen LogP contribution in [0.3, 0.4) is 0 Å². The smallest absolute Gasteiger partial charge is 0.223 e. The Balaban J connectivity index is 1.69. The number of nitrogens with zero attached hydrogens (tertiary/aromatic N) is 1. The number of nitrogens with one attached hydrogen (secondary N) is 1. The molecule has 1 aliphatic rings. The van der Waals surface area contributed by atoms with E-state index in [1.807, 2.05) is 13.0 Å². The molecule has 0 saturated carbocycles. The van der Waals surface area contributed by atoms with Crippen LogP contribution in [0.4, 0.5) is 4.39 Å². The normalized spacial score (nSPS) is 17.7. The Morgan fingerprint density at radius 2 is 2.00 bits per heavy atom. The van der Waals surface area contributed by atoms with E-state index in [0.29, 0.717) is 13.0 Å². The molecule has 2 rings (SSSR count). The molecule has 1 aromatic carbocycles. The Labute approximate surface area is 132 Å². The highest BCUT2D eigenvalue weighted by Gasteiger charge is 2.14. The van der Waals surface area contributed by atoms with Crippen molar-refractivity contribution in [3.8, 4) is 0 Å². The zero-order chi connectivity index (χ0) is 15.8. The first-order valence-electron chi connectivity index (χ1n) is 8.39. The van der Waals surface area contributed by atoms with Gasteiger partial charge in [-0.15, -0.1) is 0 Å². The van der Waals surface area contributed by atoms with E-state index >= 15 is 0 Å². The van der Waals surface area contributed by atoms with E-state index in [1.165, 1.54) is 37.8 Å². The van der Waals surface area contributed by atoms with E-state index < -0.39 is 0 Å². The first-order chi connectivity index (χ1) is 10.6. The summed E-state index contributed by atoms with van der Waals surface area (Å²) in [5.41, 5.74) is 0.871. The first-order valence-corrected chi connectivity index (χ1v) is 8.39. The van der Waals surface area contributed by atoms with Crippen LogP contribution in [-0.2, 0) is 11.2 Å². The number of rotatable bonds is 6. The molecule has 1 atom stereocenters. The van der Waals surface area contributed by atoms with E-state index in [1.54, 1.807) is 6.07 Å². The second-order valence-corrected chi connectivity index (χ2v) is 6.28. The van der Waals surface area contributed by atoms with Crippen LogP contribution in [-0.4, -0.2) is 37.0 Å². The molecule has 0 aromatic heterocycles. The SMILES string of the molecule is C[C@H](Cc1cccc(F)c1)C(=O)NCCN1CCCCCC1. The number of hydrogen-bond acceptors (Lipinski definition) is 2. The van der Waals surface area contributed by atoms with Gasteiger partial charge < -0.3 is 10.2 Å². The summed E-state index contributed by atoms with van der Waals surface area (Å²) in [5, 5.41) is 3.01. The highest BCUT2D eigenvalue weighted by atomic mass is 19.1. The molecule has 0 radical (unpaired) electrons. The molecule has 1 heterocycles. The quantitative estimate of drug-likeness (QED) is 0.876. The summed E-state index contributed by atoms with van der Waals surface area (Å²) >= 11 is 0. The van der Waals surface area contributed by atoms with Gasteiger partial charge in [-0.2, -0.15) is 0 Å². The molecule has 1 amide bonds. The maximum atomic E-state index is 13.2. The number of likely N-dealkylation sites (tertiary alicyclic amines) is 1. The molecule has 0 unspecified atom stereocenters. The van der Waals surface area contributed by atoms with Crippen molar-refractivity contribution in [3.05, 3.63) is 35.6 Å². The zero-order valence-corrected chi connectivity index (χ0v) is 13.5. The molecular formula is C18H27FN2O. The minimum Gasteiger partial charge on any atom is -0.355 e. The average molecular weight is 306 g/mol. The van der Waals surface area contributed by atoms with E-state index in [0.717, 1.165) is 25.2 Å². The summed E-state index contributed by atoms with van der Waals surface area (Å²) in [6, 6.07) is 6.48. The minimum atomic E-state index is -0.244. The predicted molar refractivity (Wildman–Crippen MR) is 87.2 cm³/mol. The molecule has 1 N–H and O–H groups in total. The van der Waals surface area contributed by atoms with Crippen LogP contribution < -0.4 is 5.32 Å². The second kappa shape index (κ2) is 8.89. The van der Waals surface area contributed by atoms with Crippen LogP contribution in [0.2, 0.25) is 0 Å². The Hall–Kier alpha value is -1.42. The summed E-state index contributed by atoms with van der Waals surface area (Å²) in [4.78, 5) is 14.6. The van der Waals surface area contributed by atoms with Crippen molar-refractivity contribution in [1.82, 2.24) is 10.2 Å². The van der Waals surface area contributed by atoms with Crippen molar-refractivity contribution >= 4 is 5.91 Å². The fourth-order valence-corrected chi connectivity index (χ4v) is 2.98. The first kappa shape index (κ1) is 16.9. The van der Waals surface area contributed by atoms with Crippen molar-refractivity contribution in [2.45, 2.75) is 39.0 Å². The molecule has 1 saturated heterocycles. The second-order valence-electron chi connectivity index (χ2n) is 6.28. The predicted octanol–water partition coefficient (Wildman–Crippen LogP) is 3.00. The summed E-state index contributed by atoms with van der Waals surface area (Å²) in [7, 11) is 0. The van der Waals surface area contributed by atoms with Gasteiger partial charge in [-0.1, -0.05) is 31.9 Å². The number of benzene rings is 1. The van der Waals surface area contributed by atoms with Crippen molar-refractivity contribution < 1.29 is 9.18 Å². The van der Waals surface area contributed by atoms with Crippen molar-refractivity contribution in [1.29, 1.82) is 0 Å². The van der Waals surface area contributed by atoms with Gasteiger partial charge in [0.05, 0.1) is 0 Å². The zero-order valence-electron chi connectivity index (χ0n) is 13.5. The monoisotopic (exact) mass is 306 g/mol. The molecular weight excluding hydrogens is 279 g/mol. The summed E-state index contributed by atoms with van der Waals surface area (Å²) in [6.07, 6.45) is 5.77. The van der Waals surface area contributed by atoms with Gasteiger partial charge >= 0.3 is 0 Å². The molecule has 0 aliphatic carbocycles. The third kappa shape index (κ3) is 5.76. The highest BCUT2D eigenvalue weighted by molar-refractivity contribution is 5.78. The Kier molecular flexibility index (Phi) is 6.84. The van der Waals surface area contributed by atoms with Crippen molar-refractivity contribution in [2.75, 3.05) is 26.2 Å². The van der Waals surface area contributed by atoms with Crippen LogP contribution in [0, 0.1) is 11.7 Å². The lowest BCUT2D eigenvalue weighted by Gasteiger charge is -2.20. The fourth-order valence-electron chi connectivity index (χ4n) is 2.98. The van der Waals surface area contributed by atoms with Crippen molar-refractivity contribution in [3.63, 3.8) is 0 Å². The lowest BCUT2D eigenvalue weighted by molar-refractivity contribution is -0.124. The maximum absolute atomic E-state index is 13.2. The Morgan fingerprint density at radius 3 is 2.68 bits per heavy atom. The van der Waals surface area contributed by atoms with Crippen LogP contribution in [0.1, 0.15) is 38.2 Å². The number of carbonyl (C=O) groups excluding carboxylic acids is 1. The van der Waals surface area contributed by atoms with Crippen LogP contribution in [0.15, 0.2) is 24.3 Å². The summed E-state index contributed by atoms with van der Waals surface area (Å²) < 4.78 is 13.2. The number of hydrogen-bond donors (Lipinski definition) is 1. The van der Waals surface area contributed by atoms with Gasteiger partial charge in [-0.25, -0.2) is 4.39 Å². The Morgan fingerprint density at radius 1 is 1.27 bits per heavy atom. The lowest BCUT2D eigenvalue weighted by atomic mass is 10.0. The lowest BCUT2D eigenvalue weighted by Crippen LogP contribution is -2.38. The molecule has 1 fully saturated rings. The third-order valence-electron chi connectivity index (χ3n) is 4.30. The molecule has 0 spiro atoms. The van der Waals surface area contributed by atoms with E-state index in [-0.39, 0.29) is 17.6 Å². The van der Waals surface area contributed by atoms with Crippen molar-refractivity contribution in [2.24, 2.45) is 5.92 Å². The van der Waals surface area contributed by atoms with Gasteiger partial charge in [0, 0.05) is 19.0 Å². The maximum Gasteiger partial charge on any atom is 0.223 e. The van der Waals surface area contributed by atoms with E-state index in [4.69, 9.17) is 0 Å². The van der Waals surface area contributed by atoms with Gasteiger partial charge in [0.1, 0.15) is 5.82 Å². The largest absolute Gasteiger partial charge is 0.355 e. The molecule has 122 valence electrons. The summed E-state index contributed by atoms with van der Waals surface area (Å²) in [6.45, 7) is 5.82. The summed E-state index contributed by atoms with van der Waals surface area (Å²) in [5.74, 6) is -0.323. The Bertz CT molecular complexity index is 470. The molecule has 3 nitrogen and oxygen atoms in total. The molecule has 1 aromatic rings. The molecule has 1 aliphatic heterocycles. The van der Waals surface area contributed by atoms with Gasteiger partial charge in [0.25, 0.3) is 0 Å². The molecule has 0 bridgehead atoms. The van der Waals surface area contributed by atoms with Crippen LogP contribution >= 0.6 is 0 Å². The van der Waals surface area contributed by atoms with Gasteiger partial charge in [-0.3, -0.25) is 4.79 Å². The van der Waals surface area contributed by atoms with E-state index in [9.17, 15) is 9.18 Å². The highest BCUT2D eigenvalue weighted by Crippen LogP contribution is 2.11. The molecule has 22 heavy (non-hydrogen) atoms. The minimum absolute atomic E-state index is 0.0547. The standard InChI is InChI=1S/C18H27FN2O/c1-15(13-16-7-6-8-17(19)14-16)18(22)20-9-12-21-10-4-2-3-5-11-21/h6-8,14-15H,2-5,9-13H2,1H3,(H,20,22)/t15-/m1/s1. The third-order valence-corrected chi connectivity index (χ3v) is 4.30. The van der Waals surface area contributed by atoms with Crippen LogP contribution in [0.25, 0.3) is 0 Å². The topological polar surface area (TPSA) is 32.3 Å². The number of halogens is 1. The van der Waals surface area contributed by atoms with Gasteiger partial charge in [0.15, 0.2) is 0 Å². The number of amides is 1. The number of carbonyl (C=O) groups is 1. The van der Waals surface area contributed by atoms with E-state index in [2.05, 4.69) is 10.2 Å². The van der Waals surface area contributed by atoms with Gasteiger partial charge in [0.2, 0.25) is 5.91 Å². The fraction of sp³-hybridized carbons (Fsp3) is 0.611. The average Bonchev–Trinajstić information content (AvgIpc) is 2.76.